The Bertz CT molecular complexity index is 993. The number of carbonyl (C=O) groups is 2. The summed E-state index contributed by atoms with van der Waals surface area (Å²) in [6, 6.07) is 20.3. The van der Waals surface area contributed by atoms with Gasteiger partial charge < -0.3 is 10.2 Å². The first-order valence-electron chi connectivity index (χ1n) is 8.92. The number of fused-ring (bicyclic) bond motifs is 1. The molecule has 4 rings (SSSR count). The minimum Gasteiger partial charge on any atom is -0.311 e. The number of benzene rings is 2. The Kier molecular flexibility index (Phi) is 5.34. The molecule has 0 bridgehead atoms. The summed E-state index contributed by atoms with van der Waals surface area (Å²) in [6.07, 6.45) is 0.891. The van der Waals surface area contributed by atoms with Crippen molar-refractivity contribution in [2.24, 2.45) is 0 Å². The number of amides is 2. The summed E-state index contributed by atoms with van der Waals surface area (Å²) in [4.78, 5) is 26.5. The number of anilines is 2. The van der Waals surface area contributed by atoms with Crippen molar-refractivity contribution in [2.45, 2.75) is 11.4 Å². The number of nitrogens with zero attached hydrogens (tertiary/aromatic N) is 3. The second-order valence-corrected chi connectivity index (χ2v) is 7.29. The number of aromatic nitrogens is 2. The molecule has 1 aromatic heterocycles. The van der Waals surface area contributed by atoms with Gasteiger partial charge in [0.15, 0.2) is 5.82 Å². The monoisotopic (exact) mass is 390 g/mol. The Morgan fingerprint density at radius 1 is 0.964 bits per heavy atom. The molecule has 2 aromatic carbocycles. The molecule has 1 N–H and O–H groups in total. The van der Waals surface area contributed by atoms with Crippen molar-refractivity contribution in [2.75, 3.05) is 22.5 Å². The second kappa shape index (κ2) is 8.22. The van der Waals surface area contributed by atoms with Gasteiger partial charge in [0, 0.05) is 17.8 Å². The Morgan fingerprint density at radius 3 is 2.54 bits per heavy atom. The number of hydrogen-bond acceptors (Lipinski definition) is 5. The molecule has 0 saturated carbocycles. The van der Waals surface area contributed by atoms with Gasteiger partial charge in [-0.1, -0.05) is 48.2 Å². The second-order valence-electron chi connectivity index (χ2n) is 6.29. The maximum atomic E-state index is 12.6. The molecular formula is C21H18N4O2S. The summed E-state index contributed by atoms with van der Waals surface area (Å²) in [7, 11) is 0. The summed E-state index contributed by atoms with van der Waals surface area (Å²) >= 11 is 1.34. The average molecular weight is 390 g/mol. The maximum Gasteiger partial charge on any atom is 0.256 e. The molecule has 1 aliphatic rings. The van der Waals surface area contributed by atoms with E-state index in [9.17, 15) is 9.59 Å². The quantitative estimate of drug-likeness (QED) is 0.676. The average Bonchev–Trinajstić information content (AvgIpc) is 3.18. The topological polar surface area (TPSA) is 75.2 Å². The molecule has 6 nitrogen and oxygen atoms in total. The number of rotatable bonds is 5. The number of para-hydroxylation sites is 1. The molecule has 3 aromatic rings. The lowest BCUT2D eigenvalue weighted by atomic mass is 10.2. The van der Waals surface area contributed by atoms with Gasteiger partial charge in [-0.05, 0) is 42.3 Å². The molecule has 2 heterocycles. The highest BCUT2D eigenvalue weighted by molar-refractivity contribution is 7.99. The highest BCUT2D eigenvalue weighted by Gasteiger charge is 2.24. The summed E-state index contributed by atoms with van der Waals surface area (Å²) in [5, 5.41) is 11.5. The lowest BCUT2D eigenvalue weighted by molar-refractivity contribution is -0.116. The van der Waals surface area contributed by atoms with E-state index in [1.165, 1.54) is 17.3 Å². The molecule has 0 fully saturated rings. The van der Waals surface area contributed by atoms with Crippen molar-refractivity contribution < 1.29 is 9.59 Å². The van der Waals surface area contributed by atoms with Gasteiger partial charge in [0.2, 0.25) is 5.91 Å². The molecule has 1 aliphatic heterocycles. The van der Waals surface area contributed by atoms with Crippen molar-refractivity contribution in [3.8, 4) is 0 Å². The number of carbonyl (C=O) groups excluding carboxylic acids is 2. The molecule has 0 aliphatic carbocycles. The summed E-state index contributed by atoms with van der Waals surface area (Å²) in [5.41, 5.74) is 2.76. The minimum absolute atomic E-state index is 0.0539. The fourth-order valence-electron chi connectivity index (χ4n) is 3.05. The van der Waals surface area contributed by atoms with Gasteiger partial charge in [-0.25, -0.2) is 0 Å². The van der Waals surface area contributed by atoms with Crippen LogP contribution in [0.15, 0.2) is 71.8 Å². The van der Waals surface area contributed by atoms with Crippen LogP contribution in [-0.2, 0) is 11.2 Å². The lowest BCUT2D eigenvalue weighted by Gasteiger charge is -2.16. The van der Waals surface area contributed by atoms with Gasteiger partial charge in [-0.15, -0.1) is 10.2 Å². The molecule has 0 atom stereocenters. The molecule has 0 spiro atoms. The Hall–Kier alpha value is -3.19. The summed E-state index contributed by atoms with van der Waals surface area (Å²) < 4.78 is 0. The zero-order chi connectivity index (χ0) is 19.3. The normalized spacial score (nSPS) is 12.5. The SMILES string of the molecule is O=C(Nc1ccc(SCC(=O)N2CCc3ccccc32)nn1)c1ccccc1. The molecule has 7 heteroatoms. The van der Waals surface area contributed by atoms with E-state index in [-0.39, 0.29) is 11.8 Å². The maximum absolute atomic E-state index is 12.6. The number of hydrogen-bond donors (Lipinski definition) is 1. The third-order valence-electron chi connectivity index (χ3n) is 4.45. The van der Waals surface area contributed by atoms with E-state index < -0.39 is 0 Å². The van der Waals surface area contributed by atoms with Crippen molar-refractivity contribution in [3.63, 3.8) is 0 Å². The van der Waals surface area contributed by atoms with Crippen LogP contribution in [0.5, 0.6) is 0 Å². The predicted molar refractivity (Wildman–Crippen MR) is 110 cm³/mol. The van der Waals surface area contributed by atoms with Gasteiger partial charge in [-0.2, -0.15) is 0 Å². The van der Waals surface area contributed by atoms with E-state index in [4.69, 9.17) is 0 Å². The molecule has 0 radical (unpaired) electrons. The molecule has 140 valence electrons. The van der Waals surface area contributed by atoms with Crippen LogP contribution in [-0.4, -0.2) is 34.3 Å². The van der Waals surface area contributed by atoms with E-state index >= 15 is 0 Å². The Balaban J connectivity index is 1.33. The van der Waals surface area contributed by atoms with Crippen LogP contribution in [0.3, 0.4) is 0 Å². The van der Waals surface area contributed by atoms with Crippen LogP contribution >= 0.6 is 11.8 Å². The molecule has 2 amide bonds. The molecule has 0 saturated heterocycles. The number of nitrogens with one attached hydrogen (secondary N) is 1. The number of thioether (sulfide) groups is 1. The Morgan fingerprint density at radius 2 is 1.75 bits per heavy atom. The third-order valence-corrected chi connectivity index (χ3v) is 5.35. The van der Waals surface area contributed by atoms with Crippen LogP contribution in [0.1, 0.15) is 15.9 Å². The standard InChI is InChI=1S/C21H18N4O2S/c26-20(25-13-12-15-6-4-5-9-17(15)25)14-28-19-11-10-18(23-24-19)22-21(27)16-7-2-1-3-8-16/h1-11H,12-14H2,(H,22,23,27). The van der Waals surface area contributed by atoms with Crippen LogP contribution in [0.4, 0.5) is 11.5 Å². The van der Waals surface area contributed by atoms with Gasteiger partial charge >= 0.3 is 0 Å². The van der Waals surface area contributed by atoms with Crippen LogP contribution in [0.2, 0.25) is 0 Å². The highest BCUT2D eigenvalue weighted by Crippen LogP contribution is 2.28. The lowest BCUT2D eigenvalue weighted by Crippen LogP contribution is -2.30. The van der Waals surface area contributed by atoms with E-state index in [2.05, 4.69) is 21.6 Å². The van der Waals surface area contributed by atoms with E-state index in [1.807, 2.05) is 29.2 Å². The van der Waals surface area contributed by atoms with Crippen molar-refractivity contribution in [1.82, 2.24) is 10.2 Å². The summed E-state index contributed by atoms with van der Waals surface area (Å²) in [5.74, 6) is 0.480. The minimum atomic E-state index is -0.238. The fraction of sp³-hybridized carbons (Fsp3) is 0.143. The first-order chi connectivity index (χ1) is 13.7. The fourth-order valence-corrected chi connectivity index (χ4v) is 3.74. The van der Waals surface area contributed by atoms with Crippen molar-refractivity contribution in [3.05, 3.63) is 77.9 Å². The van der Waals surface area contributed by atoms with Gasteiger partial charge in [-0.3, -0.25) is 9.59 Å². The molecule has 0 unspecified atom stereocenters. The van der Waals surface area contributed by atoms with E-state index in [0.717, 1.165) is 18.7 Å². The largest absolute Gasteiger partial charge is 0.311 e. The zero-order valence-corrected chi connectivity index (χ0v) is 15.9. The van der Waals surface area contributed by atoms with Gasteiger partial charge in [0.05, 0.1) is 5.75 Å². The van der Waals surface area contributed by atoms with E-state index in [1.54, 1.807) is 36.4 Å². The first kappa shape index (κ1) is 18.2. The van der Waals surface area contributed by atoms with Crippen molar-refractivity contribution >= 4 is 35.1 Å². The first-order valence-corrected chi connectivity index (χ1v) is 9.90. The summed E-state index contributed by atoms with van der Waals surface area (Å²) in [6.45, 7) is 0.717. The zero-order valence-electron chi connectivity index (χ0n) is 15.0. The van der Waals surface area contributed by atoms with Crippen LogP contribution in [0, 0.1) is 0 Å². The molecular weight excluding hydrogens is 372 g/mol. The van der Waals surface area contributed by atoms with Gasteiger partial charge in [0.1, 0.15) is 5.03 Å². The smallest absolute Gasteiger partial charge is 0.256 e. The molecule has 28 heavy (non-hydrogen) atoms. The van der Waals surface area contributed by atoms with E-state index in [0.29, 0.717) is 22.2 Å². The van der Waals surface area contributed by atoms with Gasteiger partial charge in [0.25, 0.3) is 5.91 Å². The Labute approximate surface area is 167 Å². The highest BCUT2D eigenvalue weighted by atomic mass is 32.2. The van der Waals surface area contributed by atoms with Crippen molar-refractivity contribution in [1.29, 1.82) is 0 Å². The third kappa shape index (κ3) is 4.04. The van der Waals surface area contributed by atoms with Crippen LogP contribution < -0.4 is 10.2 Å². The predicted octanol–water partition coefficient (Wildman–Crippen LogP) is 3.41. The van der Waals surface area contributed by atoms with Crippen LogP contribution in [0.25, 0.3) is 0 Å².